The second kappa shape index (κ2) is 5.98. The molecule has 2 N–H and O–H groups in total. The zero-order valence-corrected chi connectivity index (χ0v) is 10.6. The maximum atomic E-state index is 11.5. The molecule has 1 rings (SSSR count). The lowest BCUT2D eigenvalue weighted by molar-refractivity contribution is -0.121. The first kappa shape index (κ1) is 13.9. The molecule has 1 saturated carbocycles. The molecule has 0 heterocycles. The molecule has 1 atom stereocenters. The molecule has 1 aliphatic carbocycles. The highest BCUT2D eigenvalue weighted by Crippen LogP contribution is 2.18. The first-order valence-corrected chi connectivity index (χ1v) is 7.21. The molecule has 1 aliphatic rings. The third-order valence-electron chi connectivity index (χ3n) is 2.49. The Balaban J connectivity index is 2.29. The second-order valence-corrected chi connectivity index (χ2v) is 6.00. The Bertz CT molecular complexity index is 409. The smallest absolute Gasteiger partial charge is 0.227 e. The summed E-state index contributed by atoms with van der Waals surface area (Å²) in [6, 6.07) is 2.00. The van der Waals surface area contributed by atoms with Crippen LogP contribution in [0, 0.1) is 11.3 Å². The summed E-state index contributed by atoms with van der Waals surface area (Å²) in [5, 5.41) is 10.4. The number of carbonyl (C=O) groups excluding carboxylic acids is 1. The molecule has 0 radical (unpaired) electrons. The quantitative estimate of drug-likeness (QED) is 0.665. The van der Waals surface area contributed by atoms with Gasteiger partial charge in [-0.05, 0) is 19.3 Å². The number of hydrogen-bond acceptors (Lipinski definition) is 4. The number of carbonyl (C=O) groups is 1. The van der Waals surface area contributed by atoms with Crippen molar-refractivity contribution in [2.75, 3.05) is 6.54 Å². The van der Waals surface area contributed by atoms with Crippen molar-refractivity contribution in [3.05, 3.63) is 0 Å². The molecule has 0 bridgehead atoms. The van der Waals surface area contributed by atoms with E-state index in [-0.39, 0.29) is 31.3 Å². The summed E-state index contributed by atoms with van der Waals surface area (Å²) in [4.78, 5) is 11.3. The van der Waals surface area contributed by atoms with Crippen LogP contribution >= 0.6 is 0 Å². The lowest BCUT2D eigenvalue weighted by Crippen LogP contribution is -2.36. The second-order valence-electron chi connectivity index (χ2n) is 4.06. The lowest BCUT2D eigenvalue weighted by atomic mass is 10.4. The average Bonchev–Trinajstić information content (AvgIpc) is 3.02. The minimum atomic E-state index is -3.62. The summed E-state index contributed by atoms with van der Waals surface area (Å²) in [7, 11) is -3.62. The molecular formula is C10H17N3O3S. The molecule has 0 aromatic heterocycles. The third-order valence-corrected chi connectivity index (χ3v) is 4.28. The summed E-state index contributed by atoms with van der Waals surface area (Å²) >= 11 is 0. The highest BCUT2D eigenvalue weighted by Gasteiger charge is 2.25. The predicted molar refractivity (Wildman–Crippen MR) is 62.4 cm³/mol. The van der Waals surface area contributed by atoms with E-state index >= 15 is 0 Å². The lowest BCUT2D eigenvalue weighted by Gasteiger charge is -2.09. The molecule has 0 aromatic rings. The molecule has 0 aromatic carbocycles. The number of rotatable bonds is 7. The number of sulfonamides is 1. The van der Waals surface area contributed by atoms with Gasteiger partial charge in [0, 0.05) is 19.0 Å². The molecule has 6 nitrogen and oxygen atoms in total. The van der Waals surface area contributed by atoms with Crippen molar-refractivity contribution in [1.82, 2.24) is 10.0 Å². The number of nitriles is 1. The molecule has 17 heavy (non-hydrogen) atoms. The van der Waals surface area contributed by atoms with Gasteiger partial charge in [0.05, 0.1) is 6.07 Å². The van der Waals surface area contributed by atoms with Crippen LogP contribution in [0.1, 0.15) is 32.6 Å². The van der Waals surface area contributed by atoms with E-state index in [1.54, 1.807) is 13.0 Å². The van der Waals surface area contributed by atoms with Crippen molar-refractivity contribution < 1.29 is 13.2 Å². The fourth-order valence-corrected chi connectivity index (χ4v) is 2.48. The van der Waals surface area contributed by atoms with Gasteiger partial charge in [-0.2, -0.15) is 5.26 Å². The normalized spacial score (nSPS) is 17.2. The molecule has 0 saturated heterocycles. The Labute approximate surface area is 101 Å². The van der Waals surface area contributed by atoms with Crippen molar-refractivity contribution in [2.24, 2.45) is 0 Å². The topological polar surface area (TPSA) is 99.1 Å². The fraction of sp³-hybridized carbons (Fsp3) is 0.800. The van der Waals surface area contributed by atoms with Crippen LogP contribution in [-0.4, -0.2) is 32.2 Å². The highest BCUT2D eigenvalue weighted by atomic mass is 32.2. The maximum Gasteiger partial charge on any atom is 0.227 e. The molecule has 96 valence electrons. The van der Waals surface area contributed by atoms with Gasteiger partial charge in [0.15, 0.2) is 5.25 Å². The maximum absolute atomic E-state index is 11.5. The molecule has 0 aliphatic heterocycles. The van der Waals surface area contributed by atoms with Gasteiger partial charge in [-0.3, -0.25) is 4.79 Å². The van der Waals surface area contributed by atoms with Crippen LogP contribution in [0.4, 0.5) is 0 Å². The van der Waals surface area contributed by atoms with Crippen molar-refractivity contribution in [3.63, 3.8) is 0 Å². The highest BCUT2D eigenvalue weighted by molar-refractivity contribution is 7.90. The van der Waals surface area contributed by atoms with E-state index in [0.717, 1.165) is 12.8 Å². The van der Waals surface area contributed by atoms with Gasteiger partial charge in [0.25, 0.3) is 0 Å². The summed E-state index contributed by atoms with van der Waals surface area (Å²) in [5.74, 6) is -0.153. The van der Waals surface area contributed by atoms with Gasteiger partial charge in [-0.25, -0.2) is 13.1 Å². The van der Waals surface area contributed by atoms with Crippen molar-refractivity contribution in [2.45, 2.75) is 43.9 Å². The number of nitrogens with zero attached hydrogens (tertiary/aromatic N) is 1. The largest absolute Gasteiger partial charge is 0.353 e. The van der Waals surface area contributed by atoms with E-state index in [9.17, 15) is 13.2 Å². The minimum absolute atomic E-state index is 0.0407. The van der Waals surface area contributed by atoms with E-state index in [0.29, 0.717) is 0 Å². The predicted octanol–water partition coefficient (Wildman–Crippen LogP) is -0.123. The van der Waals surface area contributed by atoms with Crippen LogP contribution in [0.15, 0.2) is 0 Å². The Kier molecular flexibility index (Phi) is 4.90. The summed E-state index contributed by atoms with van der Waals surface area (Å²) in [6.45, 7) is 1.67. The Morgan fingerprint density at radius 1 is 1.53 bits per heavy atom. The van der Waals surface area contributed by atoms with Gasteiger partial charge >= 0.3 is 0 Å². The minimum Gasteiger partial charge on any atom is -0.353 e. The molecular weight excluding hydrogens is 242 g/mol. The third kappa shape index (κ3) is 4.71. The number of amides is 1. The van der Waals surface area contributed by atoms with E-state index in [1.807, 2.05) is 0 Å². The van der Waals surface area contributed by atoms with Crippen LogP contribution < -0.4 is 10.0 Å². The fourth-order valence-electron chi connectivity index (χ4n) is 1.32. The van der Waals surface area contributed by atoms with Crippen LogP contribution in [0.5, 0.6) is 0 Å². The van der Waals surface area contributed by atoms with Gasteiger partial charge in [0.2, 0.25) is 15.9 Å². The first-order chi connectivity index (χ1) is 7.99. The first-order valence-electron chi connectivity index (χ1n) is 5.67. The van der Waals surface area contributed by atoms with Crippen LogP contribution in [0.25, 0.3) is 0 Å². The van der Waals surface area contributed by atoms with E-state index in [1.165, 1.54) is 0 Å². The van der Waals surface area contributed by atoms with E-state index in [2.05, 4.69) is 10.0 Å². The average molecular weight is 259 g/mol. The van der Waals surface area contributed by atoms with E-state index in [4.69, 9.17) is 5.26 Å². The zero-order chi connectivity index (χ0) is 12.9. The number of hydrogen-bond donors (Lipinski definition) is 2. The van der Waals surface area contributed by atoms with E-state index < -0.39 is 15.3 Å². The summed E-state index contributed by atoms with van der Waals surface area (Å²) in [6.07, 6.45) is 2.35. The Morgan fingerprint density at radius 3 is 2.65 bits per heavy atom. The van der Waals surface area contributed by atoms with Crippen LogP contribution in [0.2, 0.25) is 0 Å². The van der Waals surface area contributed by atoms with Gasteiger partial charge in [-0.15, -0.1) is 0 Å². The Hall–Kier alpha value is -1.13. The molecule has 1 unspecified atom stereocenters. The number of nitrogens with one attached hydrogen (secondary N) is 2. The van der Waals surface area contributed by atoms with Gasteiger partial charge in [-0.1, -0.05) is 6.92 Å². The van der Waals surface area contributed by atoms with Gasteiger partial charge < -0.3 is 5.32 Å². The van der Waals surface area contributed by atoms with Gasteiger partial charge in [0.1, 0.15) is 0 Å². The summed E-state index contributed by atoms with van der Waals surface area (Å²) < 4.78 is 25.4. The van der Waals surface area contributed by atoms with Crippen LogP contribution in [-0.2, 0) is 14.8 Å². The molecule has 7 heteroatoms. The molecule has 1 fully saturated rings. The van der Waals surface area contributed by atoms with Crippen LogP contribution in [0.3, 0.4) is 0 Å². The van der Waals surface area contributed by atoms with Crippen molar-refractivity contribution in [3.8, 4) is 6.07 Å². The van der Waals surface area contributed by atoms with Crippen molar-refractivity contribution in [1.29, 1.82) is 5.26 Å². The zero-order valence-electron chi connectivity index (χ0n) is 9.77. The molecule has 0 spiro atoms. The standard InChI is InChI=1S/C10H17N3O3S/c1-2-9(7-11)17(15,16)12-6-5-10(14)13-8-3-4-8/h8-9,12H,2-6H2,1H3,(H,13,14). The SMILES string of the molecule is CCC(C#N)S(=O)(=O)NCCC(=O)NC1CC1. The monoisotopic (exact) mass is 259 g/mol. The van der Waals surface area contributed by atoms with Crippen molar-refractivity contribution >= 4 is 15.9 Å². The molecule has 1 amide bonds. The Morgan fingerprint density at radius 2 is 2.18 bits per heavy atom. The summed E-state index contributed by atoms with van der Waals surface area (Å²) in [5.41, 5.74) is 0.